The number of carbonyl (C=O) groups excluding carboxylic acids is 3. The maximum atomic E-state index is 12.5. The highest BCUT2D eigenvalue weighted by Gasteiger charge is 2.36. The molecule has 1 aromatic heterocycles. The number of ketones is 1. The highest BCUT2D eigenvalue weighted by atomic mass is 32.1. The molecule has 1 aliphatic heterocycles. The van der Waals surface area contributed by atoms with Gasteiger partial charge in [-0.25, -0.2) is 4.98 Å². The van der Waals surface area contributed by atoms with E-state index in [1.807, 2.05) is 13.8 Å². The van der Waals surface area contributed by atoms with E-state index in [2.05, 4.69) is 16.9 Å². The van der Waals surface area contributed by atoms with E-state index >= 15 is 0 Å². The maximum Gasteiger partial charge on any atom is 0.248 e. The molecule has 1 unspecified atom stereocenters. The first kappa shape index (κ1) is 16.8. The van der Waals surface area contributed by atoms with Crippen LogP contribution < -0.4 is 5.32 Å². The molecule has 2 amide bonds. The monoisotopic (exact) mass is 347 g/mol. The van der Waals surface area contributed by atoms with Crippen molar-refractivity contribution >= 4 is 34.1 Å². The number of carbonyl (C=O) groups is 3. The highest BCUT2D eigenvalue weighted by Crippen LogP contribution is 2.38. The summed E-state index contributed by atoms with van der Waals surface area (Å²) < 4.78 is 0. The van der Waals surface area contributed by atoms with E-state index in [4.69, 9.17) is 0 Å². The minimum Gasteiger partial charge on any atom is -0.327 e. The van der Waals surface area contributed by atoms with Gasteiger partial charge in [-0.3, -0.25) is 14.4 Å². The van der Waals surface area contributed by atoms with Crippen LogP contribution in [-0.4, -0.2) is 40.1 Å². The zero-order valence-electron chi connectivity index (χ0n) is 13.9. The summed E-state index contributed by atoms with van der Waals surface area (Å²) in [5.74, 6) is -0.396. The minimum absolute atomic E-state index is 0.0866. The molecule has 6 nitrogen and oxygen atoms in total. The summed E-state index contributed by atoms with van der Waals surface area (Å²) in [6, 6.07) is -0.497. The normalized spacial score (nSPS) is 22.2. The lowest BCUT2D eigenvalue weighted by Crippen LogP contribution is -2.42. The molecule has 1 fully saturated rings. The van der Waals surface area contributed by atoms with Crippen molar-refractivity contribution in [1.29, 1.82) is 0 Å². The molecule has 0 bridgehead atoms. The second-order valence-electron chi connectivity index (χ2n) is 7.12. The number of amides is 2. The fourth-order valence-electron chi connectivity index (χ4n) is 3.38. The van der Waals surface area contributed by atoms with Crippen LogP contribution in [0.1, 0.15) is 48.5 Å². The molecule has 24 heavy (non-hydrogen) atoms. The second-order valence-corrected chi connectivity index (χ2v) is 8.12. The van der Waals surface area contributed by atoms with E-state index in [-0.39, 0.29) is 23.0 Å². The summed E-state index contributed by atoms with van der Waals surface area (Å²) in [6.07, 6.45) is 3.88. The molecule has 0 spiro atoms. The predicted octanol–water partition coefficient (Wildman–Crippen LogP) is 2.41. The SMILES string of the molecule is C=CC(=O)N1CCCC1C(=O)Nc1nc2c(s1)C(=O)CC(C)(C)C2. The van der Waals surface area contributed by atoms with Crippen LogP contribution in [0.25, 0.3) is 0 Å². The molecule has 0 radical (unpaired) electrons. The standard InChI is InChI=1S/C17H21N3O3S/c1-4-13(22)20-7-5-6-11(20)15(23)19-16-18-10-8-17(2,3)9-12(21)14(10)24-16/h4,11H,1,5-9H2,2-3H3,(H,18,19,23). The Hall–Kier alpha value is -2.02. The van der Waals surface area contributed by atoms with Gasteiger partial charge in [-0.1, -0.05) is 31.8 Å². The first-order valence-corrected chi connectivity index (χ1v) is 8.89. The Morgan fingerprint density at radius 3 is 2.88 bits per heavy atom. The van der Waals surface area contributed by atoms with Crippen molar-refractivity contribution in [2.24, 2.45) is 5.41 Å². The molecule has 128 valence electrons. The van der Waals surface area contributed by atoms with Gasteiger partial charge in [0.1, 0.15) is 6.04 Å². The van der Waals surface area contributed by atoms with Gasteiger partial charge in [0, 0.05) is 13.0 Å². The number of aromatic nitrogens is 1. The third-order valence-corrected chi connectivity index (χ3v) is 5.53. The summed E-state index contributed by atoms with van der Waals surface area (Å²) in [5, 5.41) is 3.22. The van der Waals surface area contributed by atoms with Gasteiger partial charge in [0.15, 0.2) is 10.9 Å². The van der Waals surface area contributed by atoms with Crippen LogP contribution in [0.3, 0.4) is 0 Å². The van der Waals surface area contributed by atoms with Crippen molar-refractivity contribution in [3.63, 3.8) is 0 Å². The lowest BCUT2D eigenvalue weighted by atomic mass is 9.78. The van der Waals surface area contributed by atoms with E-state index in [1.165, 1.54) is 22.3 Å². The third kappa shape index (κ3) is 3.13. The number of Topliss-reactive ketones (excluding diaryl/α,β-unsaturated/α-hetero) is 1. The Labute approximate surface area is 144 Å². The number of hydrogen-bond donors (Lipinski definition) is 1. The van der Waals surface area contributed by atoms with E-state index in [0.717, 1.165) is 18.5 Å². The van der Waals surface area contributed by atoms with Gasteiger partial charge in [-0.2, -0.15) is 0 Å². The molecule has 2 aliphatic rings. The number of thiazole rings is 1. The Morgan fingerprint density at radius 2 is 2.17 bits per heavy atom. The lowest BCUT2D eigenvalue weighted by Gasteiger charge is -2.26. The molecule has 3 rings (SSSR count). The summed E-state index contributed by atoms with van der Waals surface area (Å²) in [6.45, 7) is 8.13. The van der Waals surface area contributed by atoms with Gasteiger partial charge in [-0.15, -0.1) is 0 Å². The average molecular weight is 347 g/mol. The molecular weight excluding hydrogens is 326 g/mol. The van der Waals surface area contributed by atoms with Crippen molar-refractivity contribution in [1.82, 2.24) is 9.88 Å². The van der Waals surface area contributed by atoms with Crippen molar-refractivity contribution in [2.45, 2.75) is 45.6 Å². The molecule has 1 aromatic rings. The van der Waals surface area contributed by atoms with Crippen molar-refractivity contribution in [3.05, 3.63) is 23.2 Å². The molecule has 1 N–H and O–H groups in total. The zero-order chi connectivity index (χ0) is 17.5. The molecule has 1 aliphatic carbocycles. The van der Waals surface area contributed by atoms with Gasteiger partial charge >= 0.3 is 0 Å². The van der Waals surface area contributed by atoms with E-state index in [1.54, 1.807) is 0 Å². The number of nitrogens with one attached hydrogen (secondary N) is 1. The number of rotatable bonds is 3. The van der Waals surface area contributed by atoms with Gasteiger partial charge in [0.05, 0.1) is 10.6 Å². The number of hydrogen-bond acceptors (Lipinski definition) is 5. The van der Waals surface area contributed by atoms with Crippen LogP contribution in [0, 0.1) is 5.41 Å². The molecular formula is C17H21N3O3S. The van der Waals surface area contributed by atoms with Crippen molar-refractivity contribution in [3.8, 4) is 0 Å². The van der Waals surface area contributed by atoms with Gasteiger partial charge in [-0.05, 0) is 30.8 Å². The van der Waals surface area contributed by atoms with E-state index in [0.29, 0.717) is 29.4 Å². The smallest absolute Gasteiger partial charge is 0.248 e. The Morgan fingerprint density at radius 1 is 1.42 bits per heavy atom. The maximum absolute atomic E-state index is 12.5. The number of anilines is 1. The third-order valence-electron chi connectivity index (χ3n) is 4.48. The van der Waals surface area contributed by atoms with Crippen LogP contribution in [0.5, 0.6) is 0 Å². The molecule has 0 saturated carbocycles. The fraction of sp³-hybridized carbons (Fsp3) is 0.529. The van der Waals surface area contributed by atoms with E-state index < -0.39 is 6.04 Å². The first-order chi connectivity index (χ1) is 11.3. The van der Waals surface area contributed by atoms with Crippen LogP contribution in [0.4, 0.5) is 5.13 Å². The van der Waals surface area contributed by atoms with Crippen molar-refractivity contribution < 1.29 is 14.4 Å². The van der Waals surface area contributed by atoms with Crippen molar-refractivity contribution in [2.75, 3.05) is 11.9 Å². The van der Waals surface area contributed by atoms with E-state index in [9.17, 15) is 14.4 Å². The largest absolute Gasteiger partial charge is 0.327 e. The van der Waals surface area contributed by atoms with Gasteiger partial charge < -0.3 is 10.2 Å². The molecule has 0 aromatic carbocycles. The van der Waals surface area contributed by atoms with Crippen LogP contribution in [-0.2, 0) is 16.0 Å². The highest BCUT2D eigenvalue weighted by molar-refractivity contribution is 7.17. The quantitative estimate of drug-likeness (QED) is 0.852. The summed E-state index contributed by atoms with van der Waals surface area (Å²) in [4.78, 5) is 43.2. The second kappa shape index (κ2) is 6.12. The lowest BCUT2D eigenvalue weighted by molar-refractivity contribution is -0.132. The Kier molecular flexibility index (Phi) is 4.29. The summed E-state index contributed by atoms with van der Waals surface area (Å²) in [5.41, 5.74) is 0.667. The minimum atomic E-state index is -0.497. The summed E-state index contributed by atoms with van der Waals surface area (Å²) >= 11 is 1.23. The number of likely N-dealkylation sites (tertiary alicyclic amines) is 1. The molecule has 7 heteroatoms. The molecule has 1 atom stereocenters. The molecule has 2 heterocycles. The Balaban J connectivity index is 1.75. The number of fused-ring (bicyclic) bond motifs is 1. The summed E-state index contributed by atoms with van der Waals surface area (Å²) in [7, 11) is 0. The fourth-order valence-corrected chi connectivity index (χ4v) is 4.31. The number of nitrogens with zero attached hydrogens (tertiary/aromatic N) is 2. The first-order valence-electron chi connectivity index (χ1n) is 8.07. The van der Waals surface area contributed by atoms with Crippen LogP contribution in [0.2, 0.25) is 0 Å². The predicted molar refractivity (Wildman–Crippen MR) is 92.1 cm³/mol. The average Bonchev–Trinajstić information content (AvgIpc) is 3.11. The van der Waals surface area contributed by atoms with Gasteiger partial charge in [0.25, 0.3) is 0 Å². The van der Waals surface area contributed by atoms with Crippen LogP contribution >= 0.6 is 11.3 Å². The van der Waals surface area contributed by atoms with Gasteiger partial charge in [0.2, 0.25) is 11.8 Å². The molecule has 1 saturated heterocycles. The zero-order valence-corrected chi connectivity index (χ0v) is 14.7. The topological polar surface area (TPSA) is 79.4 Å². The Bertz CT molecular complexity index is 723. The van der Waals surface area contributed by atoms with Crippen LogP contribution in [0.15, 0.2) is 12.7 Å².